The summed E-state index contributed by atoms with van der Waals surface area (Å²) in [7, 11) is -6.24. The number of rotatable bonds is 12. The van der Waals surface area contributed by atoms with Crippen molar-refractivity contribution in [3.8, 4) is 5.75 Å². The predicted octanol–water partition coefficient (Wildman–Crippen LogP) is 2.93. The van der Waals surface area contributed by atoms with E-state index >= 15 is 0 Å². The van der Waals surface area contributed by atoms with Gasteiger partial charge in [-0.2, -0.15) is 8.42 Å². The average molecular weight is 577 g/mol. The van der Waals surface area contributed by atoms with Gasteiger partial charge < -0.3 is 9.47 Å². The normalized spacial score (nSPS) is 11.5. The van der Waals surface area contributed by atoms with Gasteiger partial charge in [0, 0.05) is 0 Å². The first-order valence-corrected chi connectivity index (χ1v) is 14.5. The van der Waals surface area contributed by atoms with Crippen LogP contribution in [0.5, 0.6) is 5.75 Å². The molecule has 0 aliphatic carbocycles. The van der Waals surface area contributed by atoms with Crippen LogP contribution in [-0.2, 0) is 53.5 Å². The summed E-state index contributed by atoms with van der Waals surface area (Å²) in [4.78, 5) is 23.6. The monoisotopic (exact) mass is 576 g/mol. The lowest BCUT2D eigenvalue weighted by Crippen LogP contribution is -2.37. The lowest BCUT2D eigenvalue weighted by Gasteiger charge is -2.25. The standard InChI is InChI=1S/C26H28N2O9S2/c1-36-24-14-12-23(13-15-24)27(38(31,32)19-22-6-4-3-5-7-22)17-20-8-10-21(11-9-20)18-28(39(33,34)35)25(29)16-26(30)37-2/h3-15H,16-19H2,1-2H3,(H,33,34,35). The number of benzene rings is 3. The van der Waals surface area contributed by atoms with Crippen LogP contribution in [-0.4, -0.2) is 51.8 Å². The van der Waals surface area contributed by atoms with E-state index in [4.69, 9.17) is 4.74 Å². The Hall–Kier alpha value is -3.94. The largest absolute Gasteiger partial charge is 0.497 e. The van der Waals surface area contributed by atoms with Gasteiger partial charge in [0.1, 0.15) is 12.2 Å². The Bertz CT molecular complexity index is 1490. The molecular weight excluding hydrogens is 548 g/mol. The minimum absolute atomic E-state index is 0.0366. The summed E-state index contributed by atoms with van der Waals surface area (Å²) in [5, 5.41) is 0. The van der Waals surface area contributed by atoms with Crippen molar-refractivity contribution >= 4 is 37.9 Å². The van der Waals surface area contributed by atoms with E-state index in [9.17, 15) is 31.0 Å². The molecule has 0 bridgehead atoms. The molecule has 0 aromatic heterocycles. The zero-order valence-corrected chi connectivity index (χ0v) is 22.9. The number of carbonyl (C=O) groups excluding carboxylic acids is 2. The first kappa shape index (κ1) is 29.6. The van der Waals surface area contributed by atoms with Gasteiger partial charge >= 0.3 is 16.3 Å². The van der Waals surface area contributed by atoms with Crippen LogP contribution in [0.1, 0.15) is 23.1 Å². The molecule has 0 aliphatic rings. The van der Waals surface area contributed by atoms with Crippen LogP contribution in [0.15, 0.2) is 78.9 Å². The highest BCUT2D eigenvalue weighted by Crippen LogP contribution is 2.26. The van der Waals surface area contributed by atoms with E-state index in [0.29, 0.717) is 28.1 Å². The maximum absolute atomic E-state index is 13.5. The van der Waals surface area contributed by atoms with Crippen molar-refractivity contribution in [2.75, 3.05) is 18.5 Å². The van der Waals surface area contributed by atoms with Crippen LogP contribution in [0.2, 0.25) is 0 Å². The number of ether oxygens (including phenoxy) is 2. The number of methoxy groups -OCH3 is 2. The Kier molecular flexibility index (Phi) is 9.67. The lowest BCUT2D eigenvalue weighted by atomic mass is 10.1. The Morgan fingerprint density at radius 1 is 0.769 bits per heavy atom. The second-order valence-corrected chi connectivity index (χ2v) is 11.6. The molecule has 208 valence electrons. The number of carbonyl (C=O) groups is 2. The molecule has 0 saturated heterocycles. The number of sulfonamides is 1. The summed E-state index contributed by atoms with van der Waals surface area (Å²) in [5.74, 6) is -1.79. The van der Waals surface area contributed by atoms with Crippen molar-refractivity contribution in [2.45, 2.75) is 25.3 Å². The van der Waals surface area contributed by atoms with E-state index in [0.717, 1.165) is 7.11 Å². The van der Waals surface area contributed by atoms with E-state index in [1.165, 1.54) is 23.5 Å². The third-order valence-electron chi connectivity index (χ3n) is 5.64. The number of nitrogens with zero attached hydrogens (tertiary/aromatic N) is 2. The number of anilines is 1. The first-order chi connectivity index (χ1) is 18.4. The number of hydrogen-bond donors (Lipinski definition) is 1. The lowest BCUT2D eigenvalue weighted by molar-refractivity contribution is -0.145. The van der Waals surface area contributed by atoms with Gasteiger partial charge in [0.15, 0.2) is 0 Å². The van der Waals surface area contributed by atoms with Crippen LogP contribution >= 0.6 is 0 Å². The second-order valence-electron chi connectivity index (χ2n) is 8.39. The van der Waals surface area contributed by atoms with Gasteiger partial charge in [-0.15, -0.1) is 0 Å². The zero-order valence-electron chi connectivity index (χ0n) is 21.3. The van der Waals surface area contributed by atoms with Crippen molar-refractivity contribution < 1.29 is 40.5 Å². The van der Waals surface area contributed by atoms with Crippen LogP contribution in [0.4, 0.5) is 5.69 Å². The molecule has 0 unspecified atom stereocenters. The second kappa shape index (κ2) is 12.7. The van der Waals surface area contributed by atoms with Crippen molar-refractivity contribution in [3.05, 3.63) is 95.6 Å². The van der Waals surface area contributed by atoms with Crippen molar-refractivity contribution in [3.63, 3.8) is 0 Å². The molecule has 0 radical (unpaired) electrons. The highest BCUT2D eigenvalue weighted by molar-refractivity contribution is 7.92. The SMILES string of the molecule is COC(=O)CC(=O)N(Cc1ccc(CN(c2ccc(OC)cc2)S(=O)(=O)Cc2ccccc2)cc1)S(=O)(=O)O. The van der Waals surface area contributed by atoms with Gasteiger partial charge in [0.2, 0.25) is 15.9 Å². The first-order valence-electron chi connectivity index (χ1n) is 11.5. The molecule has 0 fully saturated rings. The minimum atomic E-state index is -4.96. The van der Waals surface area contributed by atoms with Crippen molar-refractivity contribution in [2.24, 2.45) is 0 Å². The molecule has 3 rings (SSSR count). The highest BCUT2D eigenvalue weighted by Gasteiger charge is 2.28. The Balaban J connectivity index is 1.86. The summed E-state index contributed by atoms with van der Waals surface area (Å²) < 4.78 is 70.9. The topological polar surface area (TPSA) is 148 Å². The molecule has 3 aromatic rings. The van der Waals surface area contributed by atoms with Crippen LogP contribution in [0.3, 0.4) is 0 Å². The molecule has 0 saturated carbocycles. The molecule has 0 heterocycles. The highest BCUT2D eigenvalue weighted by atomic mass is 32.2. The van der Waals surface area contributed by atoms with Crippen LogP contribution in [0.25, 0.3) is 0 Å². The summed E-state index contributed by atoms with van der Waals surface area (Å²) in [6.45, 7) is -0.575. The van der Waals surface area contributed by atoms with E-state index in [-0.39, 0.29) is 16.6 Å². The van der Waals surface area contributed by atoms with Crippen LogP contribution in [0, 0.1) is 0 Å². The fraction of sp³-hybridized carbons (Fsp3) is 0.231. The molecule has 0 atom stereocenters. The van der Waals surface area contributed by atoms with Gasteiger partial charge in [0.25, 0.3) is 0 Å². The van der Waals surface area contributed by atoms with E-state index in [1.54, 1.807) is 66.7 Å². The zero-order chi connectivity index (χ0) is 28.6. The van der Waals surface area contributed by atoms with Crippen LogP contribution < -0.4 is 9.04 Å². The molecule has 0 spiro atoms. The third-order valence-corrected chi connectivity index (χ3v) is 8.24. The summed E-state index contributed by atoms with van der Waals surface area (Å²) in [6.07, 6.45) is -0.871. The molecule has 1 N–H and O–H groups in total. The smallest absolute Gasteiger partial charge is 0.362 e. The maximum Gasteiger partial charge on any atom is 0.362 e. The fourth-order valence-corrected chi connectivity index (χ4v) is 5.82. The predicted molar refractivity (Wildman–Crippen MR) is 143 cm³/mol. The molecule has 0 aliphatic heterocycles. The van der Waals surface area contributed by atoms with Crippen molar-refractivity contribution in [1.29, 1.82) is 0 Å². The van der Waals surface area contributed by atoms with Gasteiger partial charge in [-0.3, -0.25) is 18.4 Å². The number of amides is 1. The summed E-state index contributed by atoms with van der Waals surface area (Å²) in [6, 6.07) is 21.5. The Morgan fingerprint density at radius 2 is 1.33 bits per heavy atom. The van der Waals surface area contributed by atoms with E-state index in [1.807, 2.05) is 0 Å². The number of hydrogen-bond acceptors (Lipinski definition) is 8. The number of esters is 1. The maximum atomic E-state index is 13.5. The summed E-state index contributed by atoms with van der Waals surface area (Å²) >= 11 is 0. The average Bonchev–Trinajstić information content (AvgIpc) is 2.90. The molecular formula is C26H28N2O9S2. The Labute approximate surface area is 227 Å². The molecule has 1 amide bonds. The Morgan fingerprint density at radius 3 is 1.85 bits per heavy atom. The van der Waals surface area contributed by atoms with E-state index in [2.05, 4.69) is 4.74 Å². The van der Waals surface area contributed by atoms with Crippen molar-refractivity contribution in [1.82, 2.24) is 4.31 Å². The molecule has 39 heavy (non-hydrogen) atoms. The van der Waals surface area contributed by atoms with Gasteiger partial charge in [-0.1, -0.05) is 54.6 Å². The molecule has 3 aromatic carbocycles. The quantitative estimate of drug-likeness (QED) is 0.195. The fourth-order valence-electron chi connectivity index (χ4n) is 3.63. The minimum Gasteiger partial charge on any atom is -0.497 e. The van der Waals surface area contributed by atoms with E-state index < -0.39 is 45.2 Å². The molecule has 13 heteroatoms. The third kappa shape index (κ3) is 8.27. The van der Waals surface area contributed by atoms with Gasteiger partial charge in [-0.05, 0) is 41.0 Å². The van der Waals surface area contributed by atoms with Gasteiger partial charge in [-0.25, -0.2) is 12.7 Å². The van der Waals surface area contributed by atoms with Gasteiger partial charge in [0.05, 0.1) is 38.7 Å². The molecule has 11 nitrogen and oxygen atoms in total. The summed E-state index contributed by atoms with van der Waals surface area (Å²) in [5.41, 5.74) is 1.93.